The molecule has 1 saturated heterocycles. The van der Waals surface area contributed by atoms with Crippen LogP contribution < -0.4 is 11.3 Å². The Morgan fingerprint density at radius 3 is 2.59 bits per heavy atom. The lowest BCUT2D eigenvalue weighted by Crippen LogP contribution is -2.53. The maximum atomic E-state index is 5.77. The molecule has 2 unspecified atom stereocenters. The molecule has 0 bridgehead atoms. The fraction of sp³-hybridized carbons (Fsp3) is 1.00. The molecule has 0 amide bonds. The lowest BCUT2D eigenvalue weighted by atomic mass is 9.91. The number of nitrogens with zero attached hydrogens (tertiary/aromatic N) is 2. The predicted molar refractivity (Wildman–Crippen MR) is 71.6 cm³/mol. The number of nitrogens with one attached hydrogen (secondary N) is 1. The van der Waals surface area contributed by atoms with Crippen LogP contribution in [0.15, 0.2) is 0 Å². The minimum atomic E-state index is 0.511. The van der Waals surface area contributed by atoms with Crippen molar-refractivity contribution in [2.75, 3.05) is 33.7 Å². The van der Waals surface area contributed by atoms with E-state index in [1.54, 1.807) is 0 Å². The van der Waals surface area contributed by atoms with Gasteiger partial charge in [-0.3, -0.25) is 11.3 Å². The van der Waals surface area contributed by atoms with Gasteiger partial charge in [-0.1, -0.05) is 12.8 Å². The van der Waals surface area contributed by atoms with E-state index in [1.807, 2.05) is 0 Å². The zero-order valence-electron chi connectivity index (χ0n) is 11.4. The first kappa shape index (κ1) is 13.3. The summed E-state index contributed by atoms with van der Waals surface area (Å²) in [5, 5.41) is 0. The zero-order chi connectivity index (χ0) is 12.3. The van der Waals surface area contributed by atoms with Gasteiger partial charge in [0.05, 0.1) is 0 Å². The minimum absolute atomic E-state index is 0.511. The number of hydrazine groups is 1. The normalized spacial score (nSPS) is 30.9. The molecule has 17 heavy (non-hydrogen) atoms. The molecule has 0 aromatic rings. The number of rotatable bonds is 4. The van der Waals surface area contributed by atoms with Crippen molar-refractivity contribution < 1.29 is 0 Å². The summed E-state index contributed by atoms with van der Waals surface area (Å²) in [5.74, 6) is 6.57. The Morgan fingerprint density at radius 2 is 1.94 bits per heavy atom. The molecule has 1 aliphatic heterocycles. The Kier molecular flexibility index (Phi) is 4.79. The summed E-state index contributed by atoms with van der Waals surface area (Å²) in [4.78, 5) is 4.94. The number of hydrogen-bond acceptors (Lipinski definition) is 4. The molecule has 2 aliphatic rings. The molecule has 2 fully saturated rings. The molecule has 0 spiro atoms. The van der Waals surface area contributed by atoms with E-state index in [-0.39, 0.29) is 0 Å². The molecular weight excluding hydrogens is 212 g/mol. The highest BCUT2D eigenvalue weighted by atomic mass is 15.3. The molecule has 1 aliphatic carbocycles. The first-order valence-corrected chi connectivity index (χ1v) is 7.05. The molecule has 4 nitrogen and oxygen atoms in total. The summed E-state index contributed by atoms with van der Waals surface area (Å²) in [6.07, 6.45) is 6.71. The molecule has 4 heteroatoms. The predicted octanol–water partition coefficient (Wildman–Crippen LogP) is 0.644. The van der Waals surface area contributed by atoms with Crippen LogP contribution in [0.2, 0.25) is 0 Å². The Labute approximate surface area is 105 Å². The van der Waals surface area contributed by atoms with E-state index in [9.17, 15) is 0 Å². The van der Waals surface area contributed by atoms with Crippen molar-refractivity contribution in [2.45, 2.75) is 44.2 Å². The van der Waals surface area contributed by atoms with Crippen LogP contribution in [0.5, 0.6) is 0 Å². The standard InChI is InChI=1S/C13H28N4/c1-16-7-8-17(2)12(10-16)9-13(15-14)11-5-3-4-6-11/h11-13,15H,3-10,14H2,1-2H3. The quantitative estimate of drug-likeness (QED) is 0.559. The van der Waals surface area contributed by atoms with Crippen molar-refractivity contribution in [3.05, 3.63) is 0 Å². The van der Waals surface area contributed by atoms with Gasteiger partial charge in [0.25, 0.3) is 0 Å². The molecule has 1 saturated carbocycles. The van der Waals surface area contributed by atoms with Gasteiger partial charge in [-0.2, -0.15) is 0 Å². The Morgan fingerprint density at radius 1 is 1.24 bits per heavy atom. The number of likely N-dealkylation sites (N-methyl/N-ethyl adjacent to an activating group) is 2. The summed E-state index contributed by atoms with van der Waals surface area (Å²) in [7, 11) is 4.47. The van der Waals surface area contributed by atoms with Gasteiger partial charge in [0.1, 0.15) is 0 Å². The van der Waals surface area contributed by atoms with E-state index >= 15 is 0 Å². The fourth-order valence-corrected chi connectivity index (χ4v) is 3.41. The summed E-state index contributed by atoms with van der Waals surface area (Å²) >= 11 is 0. The summed E-state index contributed by atoms with van der Waals surface area (Å²) < 4.78 is 0. The topological polar surface area (TPSA) is 44.5 Å². The van der Waals surface area contributed by atoms with Crippen LogP contribution in [0, 0.1) is 5.92 Å². The van der Waals surface area contributed by atoms with Crippen molar-refractivity contribution in [2.24, 2.45) is 11.8 Å². The molecule has 0 aromatic carbocycles. The smallest absolute Gasteiger partial charge is 0.0254 e. The molecule has 3 N–H and O–H groups in total. The lowest BCUT2D eigenvalue weighted by Gasteiger charge is -2.40. The highest BCUT2D eigenvalue weighted by Gasteiger charge is 2.30. The third-order valence-corrected chi connectivity index (χ3v) is 4.69. The van der Waals surface area contributed by atoms with Gasteiger partial charge in [0, 0.05) is 31.7 Å². The van der Waals surface area contributed by atoms with Crippen LogP contribution in [0.25, 0.3) is 0 Å². The Bertz CT molecular complexity index is 227. The van der Waals surface area contributed by atoms with E-state index < -0.39 is 0 Å². The number of hydrogen-bond donors (Lipinski definition) is 2. The first-order valence-electron chi connectivity index (χ1n) is 7.05. The largest absolute Gasteiger partial charge is 0.304 e. The molecule has 2 rings (SSSR count). The van der Waals surface area contributed by atoms with Crippen molar-refractivity contribution in [1.29, 1.82) is 0 Å². The lowest BCUT2D eigenvalue weighted by molar-refractivity contribution is 0.0945. The van der Waals surface area contributed by atoms with Crippen LogP contribution in [-0.4, -0.2) is 55.6 Å². The first-order chi connectivity index (χ1) is 8.20. The van der Waals surface area contributed by atoms with Gasteiger partial charge in [-0.25, -0.2) is 0 Å². The van der Waals surface area contributed by atoms with Crippen molar-refractivity contribution in [3.63, 3.8) is 0 Å². The van der Waals surface area contributed by atoms with Gasteiger partial charge >= 0.3 is 0 Å². The highest BCUT2D eigenvalue weighted by Crippen LogP contribution is 2.30. The van der Waals surface area contributed by atoms with Gasteiger partial charge in [0.2, 0.25) is 0 Å². The van der Waals surface area contributed by atoms with Crippen molar-refractivity contribution in [3.8, 4) is 0 Å². The fourth-order valence-electron chi connectivity index (χ4n) is 3.41. The maximum Gasteiger partial charge on any atom is 0.0254 e. The van der Waals surface area contributed by atoms with E-state index in [2.05, 4.69) is 29.3 Å². The summed E-state index contributed by atoms with van der Waals surface area (Å²) in [6, 6.07) is 1.17. The summed E-state index contributed by atoms with van der Waals surface area (Å²) in [6.45, 7) is 3.56. The van der Waals surface area contributed by atoms with E-state index in [1.165, 1.54) is 51.7 Å². The van der Waals surface area contributed by atoms with Gasteiger partial charge in [0.15, 0.2) is 0 Å². The second kappa shape index (κ2) is 6.14. The molecule has 100 valence electrons. The average molecular weight is 240 g/mol. The zero-order valence-corrected chi connectivity index (χ0v) is 11.4. The van der Waals surface area contributed by atoms with Crippen LogP contribution in [0.1, 0.15) is 32.1 Å². The van der Waals surface area contributed by atoms with E-state index in [4.69, 9.17) is 5.84 Å². The van der Waals surface area contributed by atoms with Crippen LogP contribution in [-0.2, 0) is 0 Å². The Hall–Kier alpha value is -0.160. The van der Waals surface area contributed by atoms with E-state index in [0.717, 1.165) is 5.92 Å². The van der Waals surface area contributed by atoms with Gasteiger partial charge < -0.3 is 9.80 Å². The highest BCUT2D eigenvalue weighted by molar-refractivity contribution is 4.87. The maximum absolute atomic E-state index is 5.77. The van der Waals surface area contributed by atoms with E-state index in [0.29, 0.717) is 12.1 Å². The summed E-state index contributed by atoms with van der Waals surface area (Å²) in [5.41, 5.74) is 3.08. The Balaban J connectivity index is 1.87. The third-order valence-electron chi connectivity index (χ3n) is 4.69. The monoisotopic (exact) mass is 240 g/mol. The average Bonchev–Trinajstić information content (AvgIpc) is 2.84. The van der Waals surface area contributed by atoms with Gasteiger partial charge in [-0.15, -0.1) is 0 Å². The molecular formula is C13H28N4. The molecule has 0 aromatic heterocycles. The third kappa shape index (κ3) is 3.41. The number of nitrogens with two attached hydrogens (primary N) is 1. The molecule has 2 atom stereocenters. The molecule has 0 radical (unpaired) electrons. The number of piperazine rings is 1. The van der Waals surface area contributed by atoms with Crippen molar-refractivity contribution in [1.82, 2.24) is 15.2 Å². The SMILES string of the molecule is CN1CCN(C)C(CC(NN)C2CCCC2)C1. The second-order valence-corrected chi connectivity index (χ2v) is 5.95. The minimum Gasteiger partial charge on any atom is -0.304 e. The second-order valence-electron chi connectivity index (χ2n) is 5.95. The van der Waals surface area contributed by atoms with Crippen molar-refractivity contribution >= 4 is 0 Å². The van der Waals surface area contributed by atoms with Crippen LogP contribution >= 0.6 is 0 Å². The van der Waals surface area contributed by atoms with Crippen LogP contribution in [0.4, 0.5) is 0 Å². The van der Waals surface area contributed by atoms with Gasteiger partial charge in [-0.05, 0) is 39.3 Å². The van der Waals surface area contributed by atoms with Crippen LogP contribution in [0.3, 0.4) is 0 Å². The molecule has 1 heterocycles.